The Balaban J connectivity index is 1.62. The number of hydrogen-bond donors (Lipinski definition) is 3. The molecule has 0 atom stereocenters. The second-order valence-electron chi connectivity index (χ2n) is 7.33. The number of nitrogens with one attached hydrogen (secondary N) is 2. The summed E-state index contributed by atoms with van der Waals surface area (Å²) in [5.74, 6) is 0.0804. The van der Waals surface area contributed by atoms with Crippen molar-refractivity contribution in [3.05, 3.63) is 29.8 Å². The third kappa shape index (κ3) is 7.91. The van der Waals surface area contributed by atoms with E-state index < -0.39 is 0 Å². The summed E-state index contributed by atoms with van der Waals surface area (Å²) in [4.78, 5) is 35.1. The van der Waals surface area contributed by atoms with E-state index in [9.17, 15) is 14.4 Å². The van der Waals surface area contributed by atoms with Gasteiger partial charge in [-0.25, -0.2) is 5.48 Å². The van der Waals surface area contributed by atoms with Crippen LogP contribution < -0.4 is 10.8 Å². The van der Waals surface area contributed by atoms with Gasteiger partial charge in [0.2, 0.25) is 11.8 Å². The zero-order chi connectivity index (χ0) is 19.5. The lowest BCUT2D eigenvalue weighted by Gasteiger charge is -2.10. The Morgan fingerprint density at radius 2 is 1.56 bits per heavy atom. The fraction of sp³-hybridized carbons (Fsp3) is 0.571. The van der Waals surface area contributed by atoms with Gasteiger partial charge in [0.15, 0.2) is 0 Å². The molecular formula is C21H30N2O4. The number of anilines is 1. The molecule has 0 aromatic heterocycles. The average molecular weight is 374 g/mol. The quantitative estimate of drug-likeness (QED) is 0.312. The zero-order valence-electron chi connectivity index (χ0n) is 15.8. The van der Waals surface area contributed by atoms with Crippen LogP contribution in [0.25, 0.3) is 0 Å². The predicted molar refractivity (Wildman–Crippen MR) is 103 cm³/mol. The van der Waals surface area contributed by atoms with E-state index >= 15 is 0 Å². The van der Waals surface area contributed by atoms with Gasteiger partial charge < -0.3 is 5.32 Å². The highest BCUT2D eigenvalue weighted by atomic mass is 16.5. The van der Waals surface area contributed by atoms with E-state index in [0.29, 0.717) is 25.7 Å². The molecule has 0 unspecified atom stereocenters. The molecule has 0 saturated heterocycles. The second-order valence-corrected chi connectivity index (χ2v) is 7.33. The van der Waals surface area contributed by atoms with Gasteiger partial charge in [-0.2, -0.15) is 0 Å². The van der Waals surface area contributed by atoms with Crippen LogP contribution in [0.2, 0.25) is 0 Å². The molecule has 0 heterocycles. The summed E-state index contributed by atoms with van der Waals surface area (Å²) in [7, 11) is 0. The fourth-order valence-corrected chi connectivity index (χ4v) is 3.47. The van der Waals surface area contributed by atoms with Crippen LogP contribution in [-0.4, -0.2) is 22.8 Å². The summed E-state index contributed by atoms with van der Waals surface area (Å²) in [6.45, 7) is 0. The number of amides is 2. The molecule has 1 saturated carbocycles. The predicted octanol–water partition coefficient (Wildman–Crippen LogP) is 3.77. The van der Waals surface area contributed by atoms with E-state index in [1.54, 1.807) is 5.48 Å². The Hall–Kier alpha value is -2.21. The minimum atomic E-state index is -0.367. The number of hydrogen-bond acceptors (Lipinski definition) is 4. The van der Waals surface area contributed by atoms with Crippen molar-refractivity contribution in [1.29, 1.82) is 0 Å². The highest BCUT2D eigenvalue weighted by Crippen LogP contribution is 2.26. The Morgan fingerprint density at radius 1 is 0.926 bits per heavy atom. The Kier molecular flexibility index (Phi) is 8.98. The molecule has 1 aromatic rings. The van der Waals surface area contributed by atoms with Gasteiger partial charge in [0.05, 0.1) is 0 Å². The van der Waals surface area contributed by atoms with E-state index in [0.717, 1.165) is 56.2 Å². The summed E-state index contributed by atoms with van der Waals surface area (Å²) in [5.41, 5.74) is 3.36. The molecule has 3 N–H and O–H groups in total. The zero-order valence-corrected chi connectivity index (χ0v) is 15.8. The second kappa shape index (κ2) is 11.5. The molecule has 148 valence electrons. The first-order chi connectivity index (χ1) is 13.1. The van der Waals surface area contributed by atoms with Crippen LogP contribution >= 0.6 is 0 Å². The van der Waals surface area contributed by atoms with Gasteiger partial charge in [-0.1, -0.05) is 37.8 Å². The van der Waals surface area contributed by atoms with Gasteiger partial charge in [0.1, 0.15) is 5.78 Å². The Bertz CT molecular complexity index is 622. The molecule has 1 aliphatic carbocycles. The molecular weight excluding hydrogens is 344 g/mol. The Morgan fingerprint density at radius 3 is 2.19 bits per heavy atom. The van der Waals surface area contributed by atoms with Gasteiger partial charge in [-0.15, -0.1) is 0 Å². The summed E-state index contributed by atoms with van der Waals surface area (Å²) >= 11 is 0. The van der Waals surface area contributed by atoms with Crippen LogP contribution in [0.5, 0.6) is 0 Å². The number of Topliss-reactive ketones (excluding diaryl/α,β-unsaturated/α-hetero) is 1. The van der Waals surface area contributed by atoms with Crippen molar-refractivity contribution in [2.45, 2.75) is 70.6 Å². The molecule has 6 nitrogen and oxygen atoms in total. The minimum Gasteiger partial charge on any atom is -0.326 e. The molecule has 1 aliphatic rings. The third-order valence-electron chi connectivity index (χ3n) is 5.08. The molecule has 1 aromatic carbocycles. The first kappa shape index (κ1) is 21.1. The lowest BCUT2D eigenvalue weighted by Crippen LogP contribution is -2.20. The van der Waals surface area contributed by atoms with Gasteiger partial charge in [-0.05, 0) is 43.4 Å². The van der Waals surface area contributed by atoms with Gasteiger partial charge in [-0.3, -0.25) is 19.6 Å². The van der Waals surface area contributed by atoms with Crippen LogP contribution in [-0.2, 0) is 20.8 Å². The molecule has 6 heteroatoms. The van der Waals surface area contributed by atoms with Crippen molar-refractivity contribution in [2.75, 3.05) is 5.32 Å². The number of hydroxylamine groups is 1. The number of ketones is 1. The molecule has 2 amide bonds. The SMILES string of the molecule is O=C(CCCCCCC(=O)NO)Cc1ccc(NC(=O)C2CCCC2)cc1. The molecule has 1 fully saturated rings. The van der Waals surface area contributed by atoms with Gasteiger partial charge in [0, 0.05) is 30.9 Å². The normalized spacial score (nSPS) is 14.1. The standard InChI is InChI=1S/C21H30N2O4/c24-19(9-3-1-2-4-10-20(25)23-27)15-16-11-13-18(14-12-16)22-21(26)17-7-5-6-8-17/h11-14,17,27H,1-10,15H2,(H,22,26)(H,23,25). The van der Waals surface area contributed by atoms with E-state index in [-0.39, 0.29) is 23.5 Å². The largest absolute Gasteiger partial charge is 0.326 e. The number of rotatable bonds is 11. The molecule has 0 aliphatic heterocycles. The summed E-state index contributed by atoms with van der Waals surface area (Å²) in [6, 6.07) is 7.52. The van der Waals surface area contributed by atoms with Crippen LogP contribution in [0.3, 0.4) is 0 Å². The van der Waals surface area contributed by atoms with Crippen molar-refractivity contribution < 1.29 is 19.6 Å². The van der Waals surface area contributed by atoms with E-state index in [1.165, 1.54) is 0 Å². The average Bonchev–Trinajstić information content (AvgIpc) is 3.21. The van der Waals surface area contributed by atoms with Crippen molar-refractivity contribution in [2.24, 2.45) is 5.92 Å². The highest BCUT2D eigenvalue weighted by molar-refractivity contribution is 5.92. The van der Waals surface area contributed by atoms with Crippen molar-refractivity contribution in [1.82, 2.24) is 5.48 Å². The Labute approximate surface area is 160 Å². The summed E-state index contributed by atoms with van der Waals surface area (Å²) in [6.07, 6.45) is 8.79. The molecule has 0 radical (unpaired) electrons. The van der Waals surface area contributed by atoms with E-state index in [4.69, 9.17) is 5.21 Å². The van der Waals surface area contributed by atoms with Crippen LogP contribution in [0.1, 0.15) is 69.8 Å². The van der Waals surface area contributed by atoms with Gasteiger partial charge in [0.25, 0.3) is 0 Å². The van der Waals surface area contributed by atoms with E-state index in [1.807, 2.05) is 24.3 Å². The minimum absolute atomic E-state index is 0.104. The van der Waals surface area contributed by atoms with Crippen LogP contribution in [0.15, 0.2) is 24.3 Å². The smallest absolute Gasteiger partial charge is 0.243 e. The van der Waals surface area contributed by atoms with Crippen molar-refractivity contribution in [3.63, 3.8) is 0 Å². The summed E-state index contributed by atoms with van der Waals surface area (Å²) < 4.78 is 0. The molecule has 2 rings (SSSR count). The molecule has 0 bridgehead atoms. The number of unbranched alkanes of at least 4 members (excludes halogenated alkanes) is 3. The number of carbonyl (C=O) groups is 3. The highest BCUT2D eigenvalue weighted by Gasteiger charge is 2.22. The lowest BCUT2D eigenvalue weighted by atomic mass is 10.0. The maximum atomic E-state index is 12.1. The summed E-state index contributed by atoms with van der Waals surface area (Å²) in [5, 5.41) is 11.4. The maximum absolute atomic E-state index is 12.1. The maximum Gasteiger partial charge on any atom is 0.243 e. The van der Waals surface area contributed by atoms with Crippen LogP contribution in [0.4, 0.5) is 5.69 Å². The first-order valence-electron chi connectivity index (χ1n) is 9.93. The van der Waals surface area contributed by atoms with Crippen molar-refractivity contribution in [3.8, 4) is 0 Å². The fourth-order valence-electron chi connectivity index (χ4n) is 3.47. The monoisotopic (exact) mass is 374 g/mol. The number of benzene rings is 1. The van der Waals surface area contributed by atoms with Crippen molar-refractivity contribution >= 4 is 23.3 Å². The van der Waals surface area contributed by atoms with Crippen LogP contribution in [0, 0.1) is 5.92 Å². The number of carbonyl (C=O) groups excluding carboxylic acids is 3. The topological polar surface area (TPSA) is 95.5 Å². The lowest BCUT2D eigenvalue weighted by molar-refractivity contribution is -0.129. The third-order valence-corrected chi connectivity index (χ3v) is 5.08. The molecule has 0 spiro atoms. The first-order valence-corrected chi connectivity index (χ1v) is 9.93. The van der Waals surface area contributed by atoms with Gasteiger partial charge >= 0.3 is 0 Å². The molecule has 27 heavy (non-hydrogen) atoms. The van der Waals surface area contributed by atoms with E-state index in [2.05, 4.69) is 5.32 Å².